The molecule has 1 aliphatic heterocycles. The Kier molecular flexibility index (Phi) is 3.47. The number of nitrogens with one attached hydrogen (secondary N) is 2. The summed E-state index contributed by atoms with van der Waals surface area (Å²) in [6.07, 6.45) is 0.00528. The molecule has 1 amide bonds. The summed E-state index contributed by atoms with van der Waals surface area (Å²) in [7, 11) is 0. The summed E-state index contributed by atoms with van der Waals surface area (Å²) in [5.41, 5.74) is 0. The van der Waals surface area contributed by atoms with E-state index in [1.54, 1.807) is 6.92 Å². The van der Waals surface area contributed by atoms with E-state index in [4.69, 9.17) is 9.26 Å². The van der Waals surface area contributed by atoms with Gasteiger partial charge in [-0.3, -0.25) is 4.79 Å². The van der Waals surface area contributed by atoms with Gasteiger partial charge in [0.25, 0.3) is 11.7 Å². The van der Waals surface area contributed by atoms with Gasteiger partial charge in [-0.1, -0.05) is 5.16 Å². The second-order valence-corrected chi connectivity index (χ2v) is 3.54. The summed E-state index contributed by atoms with van der Waals surface area (Å²) in [6.45, 7) is 4.35. The molecule has 0 aromatic carbocycles. The fraction of sp³-hybridized carbons (Fsp3) is 0.667. The molecule has 7 nitrogen and oxygen atoms in total. The minimum Gasteiger partial charge on any atom is -0.374 e. The van der Waals surface area contributed by atoms with E-state index in [0.717, 1.165) is 13.1 Å². The number of amides is 1. The first-order valence-electron chi connectivity index (χ1n) is 5.16. The third-order valence-corrected chi connectivity index (χ3v) is 2.23. The number of aromatic nitrogens is 2. The summed E-state index contributed by atoms with van der Waals surface area (Å²) in [4.78, 5) is 15.4. The van der Waals surface area contributed by atoms with Crippen molar-refractivity contribution in [2.75, 3.05) is 26.2 Å². The molecule has 1 aliphatic rings. The molecule has 1 unspecified atom stereocenters. The molecule has 88 valence electrons. The van der Waals surface area contributed by atoms with Crippen molar-refractivity contribution >= 4 is 5.91 Å². The molecule has 0 saturated carbocycles. The van der Waals surface area contributed by atoms with Gasteiger partial charge in [-0.25, -0.2) is 0 Å². The van der Waals surface area contributed by atoms with E-state index < -0.39 is 0 Å². The van der Waals surface area contributed by atoms with E-state index in [9.17, 15) is 4.79 Å². The van der Waals surface area contributed by atoms with Gasteiger partial charge in [0.15, 0.2) is 0 Å². The summed E-state index contributed by atoms with van der Waals surface area (Å²) in [5, 5.41) is 9.39. The monoisotopic (exact) mass is 226 g/mol. The second kappa shape index (κ2) is 5.04. The van der Waals surface area contributed by atoms with Gasteiger partial charge < -0.3 is 19.9 Å². The number of ether oxygens (including phenoxy) is 1. The zero-order valence-electron chi connectivity index (χ0n) is 9.02. The number of hydrogen-bond acceptors (Lipinski definition) is 6. The lowest BCUT2D eigenvalue weighted by atomic mass is 10.3. The van der Waals surface area contributed by atoms with Crippen LogP contribution in [0.25, 0.3) is 0 Å². The Morgan fingerprint density at radius 3 is 3.19 bits per heavy atom. The molecule has 2 N–H and O–H groups in total. The molecular formula is C9H14N4O3. The van der Waals surface area contributed by atoms with E-state index in [1.807, 2.05) is 0 Å². The van der Waals surface area contributed by atoms with Gasteiger partial charge >= 0.3 is 0 Å². The fourth-order valence-electron chi connectivity index (χ4n) is 1.43. The number of rotatable bonds is 3. The van der Waals surface area contributed by atoms with Gasteiger partial charge in [0.2, 0.25) is 5.89 Å². The number of hydrogen-bond donors (Lipinski definition) is 2. The number of carbonyl (C=O) groups is 1. The van der Waals surface area contributed by atoms with Crippen LogP contribution in [0, 0.1) is 6.92 Å². The molecule has 0 bridgehead atoms. The zero-order valence-corrected chi connectivity index (χ0v) is 9.02. The second-order valence-electron chi connectivity index (χ2n) is 3.54. The summed E-state index contributed by atoms with van der Waals surface area (Å²) in [6, 6.07) is 0. The number of morpholine rings is 1. The Morgan fingerprint density at radius 1 is 1.69 bits per heavy atom. The standard InChI is InChI=1S/C9H14N4O3/c1-6-12-8(13-16-6)9(14)11-5-7-4-10-2-3-15-7/h7,10H,2-5H2,1H3,(H,11,14). The highest BCUT2D eigenvalue weighted by Crippen LogP contribution is 1.97. The minimum atomic E-state index is -0.342. The molecule has 1 aromatic heterocycles. The van der Waals surface area contributed by atoms with E-state index in [1.165, 1.54) is 0 Å². The Hall–Kier alpha value is -1.47. The van der Waals surface area contributed by atoms with Crippen LogP contribution in [0.2, 0.25) is 0 Å². The Bertz CT molecular complexity index is 359. The lowest BCUT2D eigenvalue weighted by molar-refractivity contribution is 0.0286. The predicted molar refractivity (Wildman–Crippen MR) is 54.0 cm³/mol. The Morgan fingerprint density at radius 2 is 2.56 bits per heavy atom. The van der Waals surface area contributed by atoms with Crippen LogP contribution < -0.4 is 10.6 Å². The molecule has 7 heteroatoms. The highest BCUT2D eigenvalue weighted by Gasteiger charge is 2.17. The zero-order chi connectivity index (χ0) is 11.4. The van der Waals surface area contributed by atoms with Crippen LogP contribution in [0.15, 0.2) is 4.52 Å². The van der Waals surface area contributed by atoms with Gasteiger partial charge in [-0.15, -0.1) is 0 Å². The first-order chi connectivity index (χ1) is 7.75. The molecule has 0 aliphatic carbocycles. The summed E-state index contributed by atoms with van der Waals surface area (Å²) >= 11 is 0. The summed E-state index contributed by atoms with van der Waals surface area (Å²) in [5.74, 6) is 0.0908. The molecule has 1 fully saturated rings. The van der Waals surface area contributed by atoms with Gasteiger partial charge in [0.1, 0.15) is 0 Å². The Labute approximate surface area is 92.5 Å². The largest absolute Gasteiger partial charge is 0.374 e. The maximum atomic E-state index is 11.5. The average Bonchev–Trinajstić information content (AvgIpc) is 2.74. The number of aryl methyl sites for hydroxylation is 1. The summed E-state index contributed by atoms with van der Waals surface area (Å²) < 4.78 is 10.1. The first-order valence-corrected chi connectivity index (χ1v) is 5.16. The molecule has 1 saturated heterocycles. The van der Waals surface area contributed by atoms with Gasteiger partial charge in [-0.05, 0) is 0 Å². The maximum absolute atomic E-state index is 11.5. The van der Waals surface area contributed by atoms with Crippen molar-refractivity contribution in [3.05, 3.63) is 11.7 Å². The van der Waals surface area contributed by atoms with Crippen molar-refractivity contribution in [1.29, 1.82) is 0 Å². The first kappa shape index (κ1) is 11.0. The van der Waals surface area contributed by atoms with Crippen LogP contribution >= 0.6 is 0 Å². The van der Waals surface area contributed by atoms with Crippen molar-refractivity contribution < 1.29 is 14.1 Å². The van der Waals surface area contributed by atoms with Crippen molar-refractivity contribution in [3.63, 3.8) is 0 Å². The third kappa shape index (κ3) is 2.77. The van der Waals surface area contributed by atoms with Gasteiger partial charge in [0.05, 0.1) is 12.7 Å². The lowest BCUT2D eigenvalue weighted by Crippen LogP contribution is -2.45. The molecule has 2 rings (SSSR count). The van der Waals surface area contributed by atoms with Crippen LogP contribution in [0.3, 0.4) is 0 Å². The smallest absolute Gasteiger partial charge is 0.292 e. The topological polar surface area (TPSA) is 89.3 Å². The van der Waals surface area contributed by atoms with Crippen LogP contribution in [-0.4, -0.2) is 48.4 Å². The van der Waals surface area contributed by atoms with Crippen LogP contribution in [-0.2, 0) is 4.74 Å². The van der Waals surface area contributed by atoms with Crippen LogP contribution in [0.4, 0.5) is 0 Å². The van der Waals surface area contributed by atoms with Crippen molar-refractivity contribution in [2.24, 2.45) is 0 Å². The average molecular weight is 226 g/mol. The molecule has 1 atom stereocenters. The van der Waals surface area contributed by atoms with Crippen LogP contribution in [0.1, 0.15) is 16.5 Å². The van der Waals surface area contributed by atoms with E-state index in [-0.39, 0.29) is 17.8 Å². The normalized spacial score (nSPS) is 20.7. The predicted octanol–water partition coefficient (Wildman–Crippen LogP) is -0.904. The van der Waals surface area contributed by atoms with Crippen molar-refractivity contribution in [3.8, 4) is 0 Å². The molecule has 0 radical (unpaired) electrons. The van der Waals surface area contributed by atoms with E-state index in [0.29, 0.717) is 19.0 Å². The third-order valence-electron chi connectivity index (χ3n) is 2.23. The molecule has 2 heterocycles. The highest BCUT2D eigenvalue weighted by molar-refractivity contribution is 5.90. The van der Waals surface area contributed by atoms with Crippen molar-refractivity contribution in [2.45, 2.75) is 13.0 Å². The van der Waals surface area contributed by atoms with Crippen molar-refractivity contribution in [1.82, 2.24) is 20.8 Å². The molecule has 16 heavy (non-hydrogen) atoms. The number of nitrogens with zero attached hydrogens (tertiary/aromatic N) is 2. The lowest BCUT2D eigenvalue weighted by Gasteiger charge is -2.23. The highest BCUT2D eigenvalue weighted by atomic mass is 16.5. The molecule has 1 aromatic rings. The van der Waals surface area contributed by atoms with Gasteiger partial charge in [0, 0.05) is 26.6 Å². The maximum Gasteiger partial charge on any atom is 0.292 e. The minimum absolute atomic E-state index is 0.00528. The molecule has 0 spiro atoms. The van der Waals surface area contributed by atoms with Gasteiger partial charge in [-0.2, -0.15) is 4.98 Å². The van der Waals surface area contributed by atoms with E-state index >= 15 is 0 Å². The number of carbonyl (C=O) groups excluding carboxylic acids is 1. The fourth-order valence-corrected chi connectivity index (χ4v) is 1.43. The van der Waals surface area contributed by atoms with Crippen LogP contribution in [0.5, 0.6) is 0 Å². The quantitative estimate of drug-likeness (QED) is 0.694. The molecular weight excluding hydrogens is 212 g/mol. The van der Waals surface area contributed by atoms with E-state index in [2.05, 4.69) is 20.8 Å². The SMILES string of the molecule is Cc1nc(C(=O)NCC2CNCCO2)no1. The Balaban J connectivity index is 1.79.